The van der Waals surface area contributed by atoms with E-state index in [2.05, 4.69) is 193 Å². The summed E-state index contributed by atoms with van der Waals surface area (Å²) in [7, 11) is 0. The molecular formula is C47H31NSe. The van der Waals surface area contributed by atoms with Gasteiger partial charge in [0.25, 0.3) is 0 Å². The molecule has 2 heteroatoms. The molecule has 0 saturated heterocycles. The Kier molecular flexibility index (Phi) is 6.49. The van der Waals surface area contributed by atoms with Crippen LogP contribution in [0.5, 0.6) is 0 Å². The molecule has 230 valence electrons. The molecule has 0 atom stereocenters. The zero-order chi connectivity index (χ0) is 32.4. The molecule has 0 amide bonds. The first-order chi connectivity index (χ1) is 24.3. The number of fused-ring (bicyclic) bond motifs is 8. The first kappa shape index (κ1) is 28.4. The van der Waals surface area contributed by atoms with E-state index in [1.165, 1.54) is 63.4 Å². The number of para-hydroxylation sites is 1. The molecule has 0 N–H and O–H groups in total. The molecule has 0 unspecified atom stereocenters. The summed E-state index contributed by atoms with van der Waals surface area (Å²) in [5.41, 5.74) is 10.8. The van der Waals surface area contributed by atoms with Crippen LogP contribution in [0.1, 0.15) is 22.3 Å². The molecule has 0 radical (unpaired) electrons. The molecule has 0 aliphatic heterocycles. The van der Waals surface area contributed by atoms with Crippen molar-refractivity contribution in [3.8, 4) is 11.1 Å². The quantitative estimate of drug-likeness (QED) is 0.163. The van der Waals surface area contributed by atoms with Crippen molar-refractivity contribution < 1.29 is 0 Å². The van der Waals surface area contributed by atoms with Crippen LogP contribution in [0.15, 0.2) is 188 Å². The SMILES string of the molecule is c1ccc(N(c2cccc(C3(c4ccccc4)c4ccccc4-c4ccccc43)c2)c2ccc3ccc4c5ccccc5[se]c4c3c2)cc1. The Bertz CT molecular complexity index is 2630. The van der Waals surface area contributed by atoms with Gasteiger partial charge in [-0.2, -0.15) is 0 Å². The van der Waals surface area contributed by atoms with Gasteiger partial charge >= 0.3 is 275 Å². The van der Waals surface area contributed by atoms with Gasteiger partial charge in [0.1, 0.15) is 0 Å². The van der Waals surface area contributed by atoms with E-state index in [0.29, 0.717) is 0 Å². The number of nitrogens with zero attached hydrogens (tertiary/aromatic N) is 1. The van der Waals surface area contributed by atoms with E-state index in [1.54, 1.807) is 0 Å². The molecule has 9 aromatic rings. The predicted octanol–water partition coefficient (Wildman–Crippen LogP) is 12.0. The molecule has 1 nitrogen and oxygen atoms in total. The van der Waals surface area contributed by atoms with E-state index in [4.69, 9.17) is 0 Å². The Labute approximate surface area is 292 Å². The molecule has 1 aliphatic carbocycles. The van der Waals surface area contributed by atoms with E-state index >= 15 is 0 Å². The Morgan fingerprint density at radius 1 is 0.388 bits per heavy atom. The van der Waals surface area contributed by atoms with Gasteiger partial charge in [0, 0.05) is 0 Å². The summed E-state index contributed by atoms with van der Waals surface area (Å²) in [6.07, 6.45) is 0. The molecule has 1 aromatic heterocycles. The second-order valence-corrected chi connectivity index (χ2v) is 15.1. The normalized spacial score (nSPS) is 13.1. The van der Waals surface area contributed by atoms with Crippen LogP contribution < -0.4 is 4.90 Å². The maximum atomic E-state index is 2.43. The van der Waals surface area contributed by atoms with Gasteiger partial charge in [0.2, 0.25) is 0 Å². The minimum atomic E-state index is -0.453. The van der Waals surface area contributed by atoms with Crippen molar-refractivity contribution >= 4 is 61.6 Å². The third kappa shape index (κ3) is 4.25. The standard InChI is InChI=1S/C47H31NSe/c1-3-14-33(15-4-1)47(43-23-10-7-20-38(43)39-21-8-11-24-44(39)47)34-16-13-19-36(30-34)48(35-17-5-2-6-18-35)37-28-26-32-27-29-41-40-22-9-12-25-45(40)49-46(41)42(32)31-37/h1-31H. The summed E-state index contributed by atoms with van der Waals surface area (Å²) >= 11 is 0.271. The van der Waals surface area contributed by atoms with E-state index in [-0.39, 0.29) is 14.5 Å². The summed E-state index contributed by atoms with van der Waals surface area (Å²) in [5, 5.41) is 5.42. The van der Waals surface area contributed by atoms with Crippen molar-refractivity contribution in [2.45, 2.75) is 5.41 Å². The van der Waals surface area contributed by atoms with Crippen LogP contribution in [-0.2, 0) is 5.41 Å². The fraction of sp³-hybridized carbons (Fsp3) is 0.0213. The van der Waals surface area contributed by atoms with E-state index < -0.39 is 5.41 Å². The third-order valence-electron chi connectivity index (χ3n) is 10.3. The molecule has 0 bridgehead atoms. The van der Waals surface area contributed by atoms with Gasteiger partial charge in [-0.25, -0.2) is 0 Å². The molecule has 1 heterocycles. The van der Waals surface area contributed by atoms with Crippen molar-refractivity contribution in [1.82, 2.24) is 0 Å². The van der Waals surface area contributed by atoms with Crippen molar-refractivity contribution in [3.05, 3.63) is 210 Å². The van der Waals surface area contributed by atoms with E-state index in [9.17, 15) is 0 Å². The van der Waals surface area contributed by atoms with Gasteiger partial charge in [-0.3, -0.25) is 0 Å². The number of hydrogen-bond acceptors (Lipinski definition) is 1. The molecule has 8 aromatic carbocycles. The first-order valence-corrected chi connectivity index (χ1v) is 18.6. The summed E-state index contributed by atoms with van der Waals surface area (Å²) in [6, 6.07) is 69.6. The zero-order valence-electron chi connectivity index (χ0n) is 26.8. The average molecular weight is 689 g/mol. The maximum absolute atomic E-state index is 2.43. The van der Waals surface area contributed by atoms with Crippen LogP contribution in [0.3, 0.4) is 0 Å². The van der Waals surface area contributed by atoms with Crippen LogP contribution in [0.4, 0.5) is 17.1 Å². The third-order valence-corrected chi connectivity index (χ3v) is 12.9. The fourth-order valence-corrected chi connectivity index (χ4v) is 10.8. The van der Waals surface area contributed by atoms with Gasteiger partial charge in [-0.05, 0) is 0 Å². The van der Waals surface area contributed by atoms with Crippen LogP contribution in [-0.4, -0.2) is 14.5 Å². The second-order valence-electron chi connectivity index (χ2n) is 12.9. The number of benzene rings is 8. The first-order valence-electron chi connectivity index (χ1n) is 16.9. The molecule has 1 aliphatic rings. The summed E-state index contributed by atoms with van der Waals surface area (Å²) in [6.45, 7) is 0. The van der Waals surface area contributed by atoms with Crippen molar-refractivity contribution in [2.24, 2.45) is 0 Å². The van der Waals surface area contributed by atoms with Crippen molar-refractivity contribution in [1.29, 1.82) is 0 Å². The summed E-state index contributed by atoms with van der Waals surface area (Å²) in [4.78, 5) is 2.43. The fourth-order valence-electron chi connectivity index (χ4n) is 8.24. The predicted molar refractivity (Wildman–Crippen MR) is 208 cm³/mol. The van der Waals surface area contributed by atoms with Gasteiger partial charge < -0.3 is 0 Å². The number of rotatable bonds is 5. The summed E-state index contributed by atoms with van der Waals surface area (Å²) < 4.78 is 2.95. The van der Waals surface area contributed by atoms with Crippen LogP contribution >= 0.6 is 0 Å². The zero-order valence-corrected chi connectivity index (χ0v) is 28.5. The topological polar surface area (TPSA) is 3.24 Å². The molecule has 0 fully saturated rings. The number of hydrogen-bond donors (Lipinski definition) is 0. The van der Waals surface area contributed by atoms with Crippen molar-refractivity contribution in [2.75, 3.05) is 4.90 Å². The van der Waals surface area contributed by atoms with Crippen LogP contribution in [0.2, 0.25) is 0 Å². The molecule has 0 saturated carbocycles. The molecule has 49 heavy (non-hydrogen) atoms. The minimum absolute atomic E-state index is 0.271. The van der Waals surface area contributed by atoms with Crippen LogP contribution in [0, 0.1) is 0 Å². The monoisotopic (exact) mass is 689 g/mol. The van der Waals surface area contributed by atoms with Gasteiger partial charge in [-0.1, -0.05) is 18.2 Å². The Morgan fingerprint density at radius 2 is 0.980 bits per heavy atom. The van der Waals surface area contributed by atoms with Crippen LogP contribution in [0.25, 0.3) is 41.2 Å². The molecule has 10 rings (SSSR count). The summed E-state index contributed by atoms with van der Waals surface area (Å²) in [5.74, 6) is 0. The van der Waals surface area contributed by atoms with E-state index in [1.807, 2.05) is 0 Å². The Hall–Kier alpha value is -5.66. The van der Waals surface area contributed by atoms with Gasteiger partial charge in [0.05, 0.1) is 0 Å². The Morgan fingerprint density at radius 3 is 1.76 bits per heavy atom. The second kappa shape index (κ2) is 11.2. The van der Waals surface area contributed by atoms with E-state index in [0.717, 1.165) is 17.1 Å². The molecular weight excluding hydrogens is 657 g/mol. The number of anilines is 3. The average Bonchev–Trinajstić information content (AvgIpc) is 3.71. The Balaban J connectivity index is 1.23. The van der Waals surface area contributed by atoms with Gasteiger partial charge in [-0.15, -0.1) is 0 Å². The van der Waals surface area contributed by atoms with Crippen molar-refractivity contribution in [3.63, 3.8) is 0 Å². The molecule has 0 spiro atoms. The van der Waals surface area contributed by atoms with Gasteiger partial charge in [0.15, 0.2) is 0 Å².